The summed E-state index contributed by atoms with van der Waals surface area (Å²) < 4.78 is 14.1. The Kier molecular flexibility index (Phi) is 4.52. The molecule has 0 aromatic heterocycles. The third-order valence-electron chi connectivity index (χ3n) is 4.43. The second-order valence-electron chi connectivity index (χ2n) is 6.27. The molecular weight excluding hydrogens is 271 g/mol. The summed E-state index contributed by atoms with van der Waals surface area (Å²) in [7, 11) is 0. The Morgan fingerprint density at radius 2 is 2.10 bits per heavy atom. The largest absolute Gasteiger partial charge is 0.399 e. The molecule has 1 aromatic carbocycles. The number of halogens is 1. The fourth-order valence-electron chi connectivity index (χ4n) is 2.91. The molecule has 1 fully saturated rings. The molecule has 4 N–H and O–H groups in total. The second kappa shape index (κ2) is 6.02. The van der Waals surface area contributed by atoms with Crippen molar-refractivity contribution in [2.45, 2.75) is 45.1 Å². The first-order chi connectivity index (χ1) is 9.87. The van der Waals surface area contributed by atoms with E-state index in [0.29, 0.717) is 30.0 Å². The molecule has 2 rings (SSSR count). The molecule has 1 saturated carbocycles. The summed E-state index contributed by atoms with van der Waals surface area (Å²) in [6.45, 7) is 3.60. The van der Waals surface area contributed by atoms with E-state index in [4.69, 9.17) is 5.73 Å². The maximum atomic E-state index is 14.1. The third-order valence-corrected chi connectivity index (χ3v) is 4.43. The molecule has 1 aliphatic rings. The molecule has 0 aliphatic heterocycles. The van der Waals surface area contributed by atoms with Crippen LogP contribution < -0.4 is 11.1 Å². The van der Waals surface area contributed by atoms with Crippen molar-refractivity contribution < 1.29 is 14.3 Å². The van der Waals surface area contributed by atoms with Crippen LogP contribution in [-0.2, 0) is 0 Å². The number of aliphatic hydroxyl groups is 1. The molecule has 116 valence electrons. The Hall–Kier alpha value is -1.62. The molecule has 21 heavy (non-hydrogen) atoms. The van der Waals surface area contributed by atoms with Crippen molar-refractivity contribution in [2.24, 2.45) is 5.92 Å². The van der Waals surface area contributed by atoms with Gasteiger partial charge in [-0.2, -0.15) is 0 Å². The third kappa shape index (κ3) is 3.35. The van der Waals surface area contributed by atoms with E-state index in [0.717, 1.165) is 12.8 Å². The van der Waals surface area contributed by atoms with E-state index in [1.54, 1.807) is 6.92 Å². The topological polar surface area (TPSA) is 75.4 Å². The highest BCUT2D eigenvalue weighted by atomic mass is 19.1. The molecular formula is C16H23FN2O2. The minimum Gasteiger partial charge on any atom is -0.399 e. The summed E-state index contributed by atoms with van der Waals surface area (Å²) in [5.74, 6) is -0.474. The predicted octanol–water partition coefficient (Wildman–Crippen LogP) is 2.39. The van der Waals surface area contributed by atoms with Gasteiger partial charge in [0.2, 0.25) is 0 Å². The number of aliphatic hydroxyl groups excluding tert-OH is 1. The Labute approximate surface area is 124 Å². The highest BCUT2D eigenvalue weighted by Gasteiger charge is 2.35. The van der Waals surface area contributed by atoms with Crippen molar-refractivity contribution in [1.29, 1.82) is 0 Å². The number of amides is 1. The van der Waals surface area contributed by atoms with Crippen molar-refractivity contribution >= 4 is 11.6 Å². The number of carbonyl (C=O) groups is 1. The van der Waals surface area contributed by atoms with Crippen molar-refractivity contribution in [3.63, 3.8) is 0 Å². The van der Waals surface area contributed by atoms with Gasteiger partial charge in [0.25, 0.3) is 5.91 Å². The van der Waals surface area contributed by atoms with Crippen LogP contribution in [0, 0.1) is 18.7 Å². The quantitative estimate of drug-likeness (QED) is 0.749. The lowest BCUT2D eigenvalue weighted by atomic mass is 9.77. The van der Waals surface area contributed by atoms with Crippen LogP contribution in [0.5, 0.6) is 0 Å². The lowest BCUT2D eigenvalue weighted by Gasteiger charge is -2.38. The second-order valence-corrected chi connectivity index (χ2v) is 6.27. The fraction of sp³-hybridized carbons (Fsp3) is 0.562. The summed E-state index contributed by atoms with van der Waals surface area (Å²) in [6.07, 6.45) is 3.30. The molecule has 5 heteroatoms. The van der Waals surface area contributed by atoms with Gasteiger partial charge in [0, 0.05) is 5.69 Å². The predicted molar refractivity (Wildman–Crippen MR) is 80.5 cm³/mol. The number of hydrogen-bond acceptors (Lipinski definition) is 3. The summed E-state index contributed by atoms with van der Waals surface area (Å²) >= 11 is 0. The SMILES string of the molecule is Cc1cc(N)cc(C(=O)NC2(CO)CCC(C)CC2)c1F. The number of rotatable bonds is 3. The van der Waals surface area contributed by atoms with Crippen LogP contribution in [0.1, 0.15) is 48.5 Å². The molecule has 4 nitrogen and oxygen atoms in total. The van der Waals surface area contributed by atoms with E-state index in [1.807, 2.05) is 0 Å². The number of nitrogens with one attached hydrogen (secondary N) is 1. The lowest BCUT2D eigenvalue weighted by molar-refractivity contribution is 0.0713. The van der Waals surface area contributed by atoms with Crippen molar-refractivity contribution in [3.8, 4) is 0 Å². The van der Waals surface area contributed by atoms with E-state index in [2.05, 4.69) is 12.2 Å². The minimum atomic E-state index is -0.644. The number of aryl methyl sites for hydroxylation is 1. The van der Waals surface area contributed by atoms with Crippen LogP contribution >= 0.6 is 0 Å². The van der Waals surface area contributed by atoms with Gasteiger partial charge in [0.15, 0.2) is 0 Å². The maximum Gasteiger partial charge on any atom is 0.254 e. The van der Waals surface area contributed by atoms with Crippen LogP contribution in [0.25, 0.3) is 0 Å². The summed E-state index contributed by atoms with van der Waals surface area (Å²) in [4.78, 5) is 12.4. The summed E-state index contributed by atoms with van der Waals surface area (Å²) in [5, 5.41) is 12.5. The summed E-state index contributed by atoms with van der Waals surface area (Å²) in [5.41, 5.74) is 5.68. The monoisotopic (exact) mass is 294 g/mol. The van der Waals surface area contributed by atoms with Gasteiger partial charge >= 0.3 is 0 Å². The Morgan fingerprint density at radius 3 is 2.67 bits per heavy atom. The van der Waals surface area contributed by atoms with Gasteiger partial charge in [-0.15, -0.1) is 0 Å². The highest BCUT2D eigenvalue weighted by Crippen LogP contribution is 2.32. The van der Waals surface area contributed by atoms with Crippen LogP contribution in [-0.4, -0.2) is 23.2 Å². The molecule has 0 atom stereocenters. The van der Waals surface area contributed by atoms with E-state index in [-0.39, 0.29) is 12.2 Å². The maximum absolute atomic E-state index is 14.1. The van der Waals surface area contributed by atoms with Crippen molar-refractivity contribution in [1.82, 2.24) is 5.32 Å². The zero-order chi connectivity index (χ0) is 15.6. The van der Waals surface area contributed by atoms with E-state index in [9.17, 15) is 14.3 Å². The Bertz CT molecular complexity index is 537. The number of carbonyl (C=O) groups excluding carboxylic acids is 1. The van der Waals surface area contributed by atoms with Gasteiger partial charge in [-0.25, -0.2) is 4.39 Å². The molecule has 0 saturated heterocycles. The first-order valence-electron chi connectivity index (χ1n) is 7.36. The number of anilines is 1. The average Bonchev–Trinajstić information content (AvgIpc) is 2.45. The number of nitrogen functional groups attached to an aromatic ring is 1. The molecule has 0 unspecified atom stereocenters. The van der Waals surface area contributed by atoms with E-state index >= 15 is 0 Å². The van der Waals surface area contributed by atoms with Crippen LogP contribution in [0.15, 0.2) is 12.1 Å². The molecule has 1 amide bonds. The van der Waals surface area contributed by atoms with Crippen LogP contribution in [0.2, 0.25) is 0 Å². The minimum absolute atomic E-state index is 0.0565. The summed E-state index contributed by atoms with van der Waals surface area (Å²) in [6, 6.07) is 2.84. The molecule has 0 radical (unpaired) electrons. The molecule has 0 bridgehead atoms. The van der Waals surface area contributed by atoms with Crippen molar-refractivity contribution in [3.05, 3.63) is 29.1 Å². The number of hydrogen-bond donors (Lipinski definition) is 3. The van der Waals surface area contributed by atoms with E-state index in [1.165, 1.54) is 12.1 Å². The van der Waals surface area contributed by atoms with Gasteiger partial charge in [-0.1, -0.05) is 6.92 Å². The number of benzene rings is 1. The number of nitrogens with two attached hydrogens (primary N) is 1. The standard InChI is InChI=1S/C16H23FN2O2/c1-10-3-5-16(9-20,6-4-10)19-15(21)13-8-12(18)7-11(2)14(13)17/h7-8,10,20H,3-6,9,18H2,1-2H3,(H,19,21). The van der Waals surface area contributed by atoms with Crippen LogP contribution in [0.4, 0.5) is 10.1 Å². The van der Waals surface area contributed by atoms with Gasteiger partial charge < -0.3 is 16.2 Å². The zero-order valence-corrected chi connectivity index (χ0v) is 12.6. The Balaban J connectivity index is 2.21. The van der Waals surface area contributed by atoms with Gasteiger partial charge in [0.05, 0.1) is 17.7 Å². The molecule has 0 heterocycles. The normalized spacial score (nSPS) is 25.6. The first-order valence-corrected chi connectivity index (χ1v) is 7.36. The lowest BCUT2D eigenvalue weighted by Crippen LogP contribution is -2.53. The smallest absolute Gasteiger partial charge is 0.254 e. The van der Waals surface area contributed by atoms with Crippen molar-refractivity contribution in [2.75, 3.05) is 12.3 Å². The molecule has 1 aromatic rings. The first kappa shape index (κ1) is 15.8. The van der Waals surface area contributed by atoms with Gasteiger partial charge in [-0.05, 0) is 56.2 Å². The Morgan fingerprint density at radius 1 is 1.48 bits per heavy atom. The molecule has 1 aliphatic carbocycles. The van der Waals surface area contributed by atoms with E-state index < -0.39 is 17.3 Å². The van der Waals surface area contributed by atoms with Crippen LogP contribution in [0.3, 0.4) is 0 Å². The highest BCUT2D eigenvalue weighted by molar-refractivity contribution is 5.96. The average molecular weight is 294 g/mol. The zero-order valence-electron chi connectivity index (χ0n) is 12.6. The van der Waals surface area contributed by atoms with Gasteiger partial charge in [0.1, 0.15) is 5.82 Å². The molecule has 0 spiro atoms. The van der Waals surface area contributed by atoms with Gasteiger partial charge in [-0.3, -0.25) is 4.79 Å². The fourth-order valence-corrected chi connectivity index (χ4v) is 2.91.